The Balaban J connectivity index is 1.88. The summed E-state index contributed by atoms with van der Waals surface area (Å²) >= 11 is 0. The zero-order chi connectivity index (χ0) is 13.0. The Morgan fingerprint density at radius 3 is 2.83 bits per heavy atom. The van der Waals surface area contributed by atoms with Crippen LogP contribution in [0.15, 0.2) is 18.2 Å². The van der Waals surface area contributed by atoms with E-state index in [4.69, 9.17) is 14.6 Å². The van der Waals surface area contributed by atoms with Crippen molar-refractivity contribution in [1.82, 2.24) is 5.32 Å². The van der Waals surface area contributed by atoms with E-state index in [9.17, 15) is 4.79 Å². The average Bonchev–Trinajstić information content (AvgIpc) is 2.38. The Labute approximate surface area is 106 Å². The minimum atomic E-state index is -0.836. The molecule has 0 radical (unpaired) electrons. The van der Waals surface area contributed by atoms with Crippen LogP contribution in [0.5, 0.6) is 11.5 Å². The van der Waals surface area contributed by atoms with Crippen molar-refractivity contribution in [2.24, 2.45) is 0 Å². The van der Waals surface area contributed by atoms with Gasteiger partial charge in [0.05, 0.1) is 0 Å². The molecular weight excluding hydrogens is 234 g/mol. The normalized spacial score (nSPS) is 15.2. The van der Waals surface area contributed by atoms with Crippen molar-refractivity contribution < 1.29 is 19.4 Å². The molecule has 18 heavy (non-hydrogen) atoms. The first-order valence-corrected chi connectivity index (χ1v) is 6.01. The molecule has 0 fully saturated rings. The zero-order valence-electron chi connectivity index (χ0n) is 10.3. The molecule has 2 N–H and O–H groups in total. The third-order valence-electron chi connectivity index (χ3n) is 2.84. The Hall–Kier alpha value is -1.75. The van der Waals surface area contributed by atoms with Crippen LogP contribution in [0, 0.1) is 0 Å². The predicted octanol–water partition coefficient (Wildman–Crippen LogP) is 1.06. The molecule has 0 spiro atoms. The van der Waals surface area contributed by atoms with Crippen molar-refractivity contribution in [3.63, 3.8) is 0 Å². The molecule has 5 heteroatoms. The number of carbonyl (C=O) groups is 1. The highest BCUT2D eigenvalue weighted by molar-refractivity contribution is 5.72. The van der Waals surface area contributed by atoms with E-state index in [1.165, 1.54) is 0 Å². The molecule has 2 rings (SSSR count). The molecule has 0 saturated carbocycles. The first-order chi connectivity index (χ1) is 8.66. The van der Waals surface area contributed by atoms with E-state index in [0.717, 1.165) is 23.5 Å². The maximum atomic E-state index is 10.6. The summed E-state index contributed by atoms with van der Waals surface area (Å²) in [5, 5.41) is 11.7. The predicted molar refractivity (Wildman–Crippen MR) is 66.2 cm³/mol. The largest absolute Gasteiger partial charge is 0.486 e. The molecule has 0 bridgehead atoms. The SMILES string of the molecule is CC(NCCc1ccc2c(c1)OCCO2)C(=O)O. The van der Waals surface area contributed by atoms with Gasteiger partial charge in [-0.15, -0.1) is 0 Å². The van der Waals surface area contributed by atoms with Crippen molar-refractivity contribution in [3.8, 4) is 11.5 Å². The molecule has 1 aliphatic rings. The first-order valence-electron chi connectivity index (χ1n) is 6.01. The molecule has 98 valence electrons. The summed E-state index contributed by atoms with van der Waals surface area (Å²) in [6, 6.07) is 5.29. The highest BCUT2D eigenvalue weighted by Crippen LogP contribution is 2.30. The lowest BCUT2D eigenvalue weighted by molar-refractivity contribution is -0.138. The molecule has 1 atom stereocenters. The van der Waals surface area contributed by atoms with Gasteiger partial charge in [-0.25, -0.2) is 0 Å². The third kappa shape index (κ3) is 3.13. The van der Waals surface area contributed by atoms with Crippen LogP contribution < -0.4 is 14.8 Å². The number of carboxylic acid groups (broad SMARTS) is 1. The smallest absolute Gasteiger partial charge is 0.320 e. The summed E-state index contributed by atoms with van der Waals surface area (Å²) in [4.78, 5) is 10.6. The van der Waals surface area contributed by atoms with Crippen molar-refractivity contribution >= 4 is 5.97 Å². The average molecular weight is 251 g/mol. The molecule has 1 aromatic rings. The van der Waals surface area contributed by atoms with Crippen molar-refractivity contribution in [3.05, 3.63) is 23.8 Å². The number of carboxylic acids is 1. The van der Waals surface area contributed by atoms with Crippen LogP contribution in [0.3, 0.4) is 0 Å². The number of benzene rings is 1. The molecule has 5 nitrogen and oxygen atoms in total. The summed E-state index contributed by atoms with van der Waals surface area (Å²) < 4.78 is 10.9. The Morgan fingerprint density at radius 2 is 2.11 bits per heavy atom. The Morgan fingerprint density at radius 1 is 1.39 bits per heavy atom. The van der Waals surface area contributed by atoms with Gasteiger partial charge in [-0.05, 0) is 37.6 Å². The number of hydrogen-bond donors (Lipinski definition) is 2. The summed E-state index contributed by atoms with van der Waals surface area (Å²) in [7, 11) is 0. The van der Waals surface area contributed by atoms with Gasteiger partial charge in [0.15, 0.2) is 11.5 Å². The van der Waals surface area contributed by atoms with Crippen molar-refractivity contribution in [2.75, 3.05) is 19.8 Å². The van der Waals surface area contributed by atoms with Gasteiger partial charge in [0.25, 0.3) is 0 Å². The molecule has 0 amide bonds. The van der Waals surface area contributed by atoms with Gasteiger partial charge in [-0.1, -0.05) is 6.07 Å². The fourth-order valence-corrected chi connectivity index (χ4v) is 1.76. The molecule has 1 heterocycles. The number of hydrogen-bond acceptors (Lipinski definition) is 4. The molecule has 0 saturated heterocycles. The van der Waals surface area contributed by atoms with Crippen molar-refractivity contribution in [1.29, 1.82) is 0 Å². The van der Waals surface area contributed by atoms with Crippen molar-refractivity contribution in [2.45, 2.75) is 19.4 Å². The van der Waals surface area contributed by atoms with E-state index in [0.29, 0.717) is 19.8 Å². The lowest BCUT2D eigenvalue weighted by atomic mass is 10.1. The number of fused-ring (bicyclic) bond motifs is 1. The van der Waals surface area contributed by atoms with E-state index in [1.54, 1.807) is 6.92 Å². The second kappa shape index (κ2) is 5.73. The van der Waals surface area contributed by atoms with E-state index in [1.807, 2.05) is 18.2 Å². The Bertz CT molecular complexity index is 433. The fourth-order valence-electron chi connectivity index (χ4n) is 1.76. The van der Waals surface area contributed by atoms with Crippen LogP contribution in [0.1, 0.15) is 12.5 Å². The molecule has 0 aliphatic carbocycles. The summed E-state index contributed by atoms with van der Waals surface area (Å²) in [6.45, 7) is 3.41. The van der Waals surface area contributed by atoms with Crippen LogP contribution in [0.25, 0.3) is 0 Å². The van der Waals surface area contributed by atoms with Gasteiger partial charge in [0.1, 0.15) is 19.3 Å². The van der Waals surface area contributed by atoms with Crippen LogP contribution >= 0.6 is 0 Å². The highest BCUT2D eigenvalue weighted by Gasteiger charge is 2.12. The zero-order valence-corrected chi connectivity index (χ0v) is 10.3. The maximum absolute atomic E-state index is 10.6. The van der Waals surface area contributed by atoms with Gasteiger partial charge in [0, 0.05) is 0 Å². The van der Waals surface area contributed by atoms with E-state index in [2.05, 4.69) is 5.32 Å². The highest BCUT2D eigenvalue weighted by atomic mass is 16.6. The molecule has 1 aromatic carbocycles. The summed E-state index contributed by atoms with van der Waals surface area (Å²) in [5.41, 5.74) is 1.10. The maximum Gasteiger partial charge on any atom is 0.320 e. The lowest BCUT2D eigenvalue weighted by Gasteiger charge is -2.19. The van der Waals surface area contributed by atoms with Gasteiger partial charge in [0.2, 0.25) is 0 Å². The van der Waals surface area contributed by atoms with Crippen LogP contribution in [-0.2, 0) is 11.2 Å². The fraction of sp³-hybridized carbons (Fsp3) is 0.462. The van der Waals surface area contributed by atoms with E-state index >= 15 is 0 Å². The number of aliphatic carboxylic acids is 1. The molecule has 0 aromatic heterocycles. The topological polar surface area (TPSA) is 67.8 Å². The summed E-state index contributed by atoms with van der Waals surface area (Å²) in [6.07, 6.45) is 0.758. The molecular formula is C13H17NO4. The molecule has 1 aliphatic heterocycles. The van der Waals surface area contributed by atoms with Gasteiger partial charge in [-0.2, -0.15) is 0 Å². The van der Waals surface area contributed by atoms with Crippen LogP contribution in [0.2, 0.25) is 0 Å². The second-order valence-corrected chi connectivity index (χ2v) is 4.24. The standard InChI is InChI=1S/C13H17NO4/c1-9(13(15)16)14-5-4-10-2-3-11-12(8-10)18-7-6-17-11/h2-3,8-9,14H,4-7H2,1H3,(H,15,16). The molecule has 1 unspecified atom stereocenters. The lowest BCUT2D eigenvalue weighted by Crippen LogP contribution is -2.34. The minimum absolute atomic E-state index is 0.526. The number of nitrogens with one attached hydrogen (secondary N) is 1. The summed E-state index contributed by atoms with van der Waals surface area (Å²) in [5.74, 6) is 0.707. The second-order valence-electron chi connectivity index (χ2n) is 4.24. The van der Waals surface area contributed by atoms with Gasteiger partial charge in [-0.3, -0.25) is 4.79 Å². The van der Waals surface area contributed by atoms with Gasteiger partial charge < -0.3 is 19.9 Å². The monoisotopic (exact) mass is 251 g/mol. The van der Waals surface area contributed by atoms with Gasteiger partial charge >= 0.3 is 5.97 Å². The third-order valence-corrected chi connectivity index (χ3v) is 2.84. The number of rotatable bonds is 5. The number of ether oxygens (including phenoxy) is 2. The first kappa shape index (κ1) is 12.7. The van der Waals surface area contributed by atoms with Crippen LogP contribution in [-0.4, -0.2) is 36.9 Å². The minimum Gasteiger partial charge on any atom is -0.486 e. The Kier molecular flexibility index (Phi) is 4.04. The van der Waals surface area contributed by atoms with E-state index in [-0.39, 0.29) is 0 Å². The van der Waals surface area contributed by atoms with E-state index < -0.39 is 12.0 Å². The van der Waals surface area contributed by atoms with Crippen LogP contribution in [0.4, 0.5) is 0 Å². The quantitative estimate of drug-likeness (QED) is 0.819.